The van der Waals surface area contributed by atoms with Crippen LogP contribution in [0, 0.1) is 0 Å². The number of sulfonamides is 1. The number of nitrogens with two attached hydrogens (primary N) is 1. The summed E-state index contributed by atoms with van der Waals surface area (Å²) in [5, 5.41) is 3.70. The van der Waals surface area contributed by atoms with Crippen LogP contribution in [0.15, 0.2) is 53.6 Å². The van der Waals surface area contributed by atoms with Crippen LogP contribution in [-0.4, -0.2) is 43.8 Å². The highest BCUT2D eigenvalue weighted by molar-refractivity contribution is 7.89. The lowest BCUT2D eigenvalue weighted by Gasteiger charge is -2.26. The average molecular weight is 477 g/mol. The molecular formula is C22H25ClN4O4S. The van der Waals surface area contributed by atoms with Crippen LogP contribution in [0.4, 0.5) is 11.4 Å². The highest BCUT2D eigenvalue weighted by Crippen LogP contribution is 2.32. The number of fused-ring (bicyclic) bond motifs is 1. The SMILES string of the molecule is COc1cccc(Nc2c(C(N)=O)cnc3ccc(S(=O)(=O)N4CCCCC4)cc23)c1.Cl. The molecule has 2 aromatic carbocycles. The molecule has 0 aliphatic carbocycles. The van der Waals surface area contributed by atoms with Gasteiger partial charge in [0.25, 0.3) is 5.91 Å². The average Bonchev–Trinajstić information content (AvgIpc) is 2.79. The first-order valence-corrected chi connectivity index (χ1v) is 11.5. The minimum absolute atomic E-state index is 0. The lowest BCUT2D eigenvalue weighted by molar-refractivity contribution is 0.100. The van der Waals surface area contributed by atoms with Crippen molar-refractivity contribution in [1.82, 2.24) is 9.29 Å². The number of pyridine rings is 1. The molecule has 0 radical (unpaired) electrons. The van der Waals surface area contributed by atoms with Crippen molar-refractivity contribution in [3.63, 3.8) is 0 Å². The Bertz CT molecular complexity index is 1240. The Hall–Kier alpha value is -2.88. The molecule has 0 bridgehead atoms. The van der Waals surface area contributed by atoms with Crippen molar-refractivity contribution < 1.29 is 17.9 Å². The standard InChI is InChI=1S/C22H24N4O4S.ClH/c1-30-16-7-5-6-15(12-16)25-21-18-13-17(31(28,29)26-10-3-2-4-11-26)8-9-20(18)24-14-19(21)22(23)27;/h5-9,12-14H,2-4,10-11H2,1H3,(H2,23,27)(H,24,25);1H. The number of rotatable bonds is 6. The fourth-order valence-electron chi connectivity index (χ4n) is 3.75. The maximum absolute atomic E-state index is 13.2. The molecule has 1 fully saturated rings. The normalized spacial score (nSPS) is 14.5. The van der Waals surface area contributed by atoms with Crippen LogP contribution in [0.5, 0.6) is 5.75 Å². The Morgan fingerprint density at radius 2 is 1.88 bits per heavy atom. The van der Waals surface area contributed by atoms with Gasteiger partial charge in [-0.15, -0.1) is 12.4 Å². The van der Waals surface area contributed by atoms with Crippen molar-refractivity contribution in [3.05, 3.63) is 54.2 Å². The summed E-state index contributed by atoms with van der Waals surface area (Å²) in [7, 11) is -2.08. The maximum Gasteiger partial charge on any atom is 0.252 e. The van der Waals surface area contributed by atoms with Gasteiger partial charge in [0.15, 0.2) is 0 Å². The van der Waals surface area contributed by atoms with E-state index in [2.05, 4.69) is 10.3 Å². The smallest absolute Gasteiger partial charge is 0.252 e. The van der Waals surface area contributed by atoms with Crippen molar-refractivity contribution in [2.24, 2.45) is 5.73 Å². The van der Waals surface area contributed by atoms with Gasteiger partial charge in [-0.2, -0.15) is 4.31 Å². The third kappa shape index (κ3) is 4.64. The molecule has 170 valence electrons. The third-order valence-corrected chi connectivity index (χ3v) is 7.29. The van der Waals surface area contributed by atoms with E-state index in [4.69, 9.17) is 10.5 Å². The number of amides is 1. The van der Waals surface area contributed by atoms with Crippen molar-refractivity contribution >= 4 is 50.6 Å². The summed E-state index contributed by atoms with van der Waals surface area (Å²) in [6.45, 7) is 1.02. The second kappa shape index (κ2) is 9.72. The first-order chi connectivity index (χ1) is 14.9. The summed E-state index contributed by atoms with van der Waals surface area (Å²) in [5.74, 6) is -0.0264. The molecule has 1 amide bonds. The number of aromatic nitrogens is 1. The zero-order valence-electron chi connectivity index (χ0n) is 17.6. The zero-order valence-corrected chi connectivity index (χ0v) is 19.2. The lowest BCUT2D eigenvalue weighted by Crippen LogP contribution is -2.35. The van der Waals surface area contributed by atoms with Crippen LogP contribution in [0.2, 0.25) is 0 Å². The van der Waals surface area contributed by atoms with Gasteiger partial charge in [0.1, 0.15) is 5.75 Å². The van der Waals surface area contributed by atoms with Crippen LogP contribution in [0.3, 0.4) is 0 Å². The third-order valence-electron chi connectivity index (χ3n) is 5.40. The Morgan fingerprint density at radius 1 is 1.12 bits per heavy atom. The molecule has 0 spiro atoms. The molecular weight excluding hydrogens is 452 g/mol. The molecule has 1 aromatic heterocycles. The van der Waals surface area contributed by atoms with E-state index >= 15 is 0 Å². The van der Waals surface area contributed by atoms with Gasteiger partial charge in [-0.25, -0.2) is 8.42 Å². The first kappa shape index (κ1) is 23.8. The molecule has 8 nitrogen and oxygen atoms in total. The number of carbonyl (C=O) groups is 1. The number of primary amides is 1. The Labute approximate surface area is 193 Å². The molecule has 4 rings (SSSR count). The van der Waals surface area contributed by atoms with Gasteiger partial charge in [-0.1, -0.05) is 12.5 Å². The van der Waals surface area contributed by atoms with Gasteiger partial charge in [-0.3, -0.25) is 9.78 Å². The minimum atomic E-state index is -3.65. The number of hydrogen-bond donors (Lipinski definition) is 2. The van der Waals surface area contributed by atoms with E-state index in [1.807, 2.05) is 6.07 Å². The van der Waals surface area contributed by atoms with Crippen molar-refractivity contribution in [2.45, 2.75) is 24.2 Å². The van der Waals surface area contributed by atoms with E-state index in [0.717, 1.165) is 19.3 Å². The minimum Gasteiger partial charge on any atom is -0.497 e. The van der Waals surface area contributed by atoms with Gasteiger partial charge in [0.05, 0.1) is 28.8 Å². The summed E-state index contributed by atoms with van der Waals surface area (Å²) in [6.07, 6.45) is 4.13. The van der Waals surface area contributed by atoms with Gasteiger partial charge < -0.3 is 15.8 Å². The molecule has 0 saturated carbocycles. The molecule has 1 aliphatic rings. The Kier molecular flexibility index (Phi) is 7.22. The van der Waals surface area contributed by atoms with Crippen LogP contribution in [0.25, 0.3) is 10.9 Å². The van der Waals surface area contributed by atoms with Gasteiger partial charge in [0.2, 0.25) is 10.0 Å². The van der Waals surface area contributed by atoms with Gasteiger partial charge in [0, 0.05) is 36.4 Å². The zero-order chi connectivity index (χ0) is 22.0. The number of anilines is 2. The monoisotopic (exact) mass is 476 g/mol. The molecule has 32 heavy (non-hydrogen) atoms. The number of nitrogens with zero attached hydrogens (tertiary/aromatic N) is 2. The highest BCUT2D eigenvalue weighted by Gasteiger charge is 2.27. The fourth-order valence-corrected chi connectivity index (χ4v) is 5.30. The summed E-state index contributed by atoms with van der Waals surface area (Å²) in [5.41, 5.74) is 7.37. The van der Waals surface area contributed by atoms with Crippen LogP contribution in [0.1, 0.15) is 29.6 Å². The largest absolute Gasteiger partial charge is 0.497 e. The van der Waals surface area contributed by atoms with Crippen molar-refractivity contribution in [3.8, 4) is 5.75 Å². The summed E-state index contributed by atoms with van der Waals surface area (Å²) >= 11 is 0. The van der Waals surface area contributed by atoms with E-state index in [9.17, 15) is 13.2 Å². The van der Waals surface area contributed by atoms with Crippen molar-refractivity contribution in [2.75, 3.05) is 25.5 Å². The predicted octanol–water partition coefficient (Wildman–Crippen LogP) is 3.68. The van der Waals surface area contributed by atoms with Crippen LogP contribution in [-0.2, 0) is 10.0 Å². The van der Waals surface area contributed by atoms with Gasteiger partial charge >= 0.3 is 0 Å². The van der Waals surface area contributed by atoms with E-state index in [-0.39, 0.29) is 22.9 Å². The topological polar surface area (TPSA) is 115 Å². The molecule has 0 atom stereocenters. The lowest BCUT2D eigenvalue weighted by atomic mass is 10.1. The van der Waals surface area contributed by atoms with E-state index in [0.29, 0.717) is 41.1 Å². The van der Waals surface area contributed by atoms with Crippen molar-refractivity contribution in [1.29, 1.82) is 0 Å². The molecule has 1 saturated heterocycles. The number of hydrogen-bond acceptors (Lipinski definition) is 6. The second-order valence-electron chi connectivity index (χ2n) is 7.41. The predicted molar refractivity (Wildman–Crippen MR) is 126 cm³/mol. The fraction of sp³-hybridized carbons (Fsp3) is 0.273. The van der Waals surface area contributed by atoms with Crippen LogP contribution < -0.4 is 15.8 Å². The number of piperidine rings is 1. The summed E-state index contributed by atoms with van der Waals surface area (Å²) < 4.78 is 33.1. The number of benzene rings is 2. The molecule has 1 aliphatic heterocycles. The maximum atomic E-state index is 13.2. The quantitative estimate of drug-likeness (QED) is 0.560. The molecule has 2 heterocycles. The number of methoxy groups -OCH3 is 1. The highest BCUT2D eigenvalue weighted by atomic mass is 35.5. The Balaban J connectivity index is 0.00000289. The van der Waals surface area contributed by atoms with Crippen LogP contribution >= 0.6 is 12.4 Å². The summed E-state index contributed by atoms with van der Waals surface area (Å²) in [4.78, 5) is 16.6. The van der Waals surface area contributed by atoms with Gasteiger partial charge in [-0.05, 0) is 43.2 Å². The number of ether oxygens (including phenoxy) is 1. The molecule has 0 unspecified atom stereocenters. The second-order valence-corrected chi connectivity index (χ2v) is 9.35. The summed E-state index contributed by atoms with van der Waals surface area (Å²) in [6, 6.07) is 11.9. The number of carbonyl (C=O) groups excluding carboxylic acids is 1. The first-order valence-electron chi connectivity index (χ1n) is 10.0. The Morgan fingerprint density at radius 3 is 2.56 bits per heavy atom. The molecule has 3 aromatic rings. The van der Waals surface area contributed by atoms with E-state index < -0.39 is 15.9 Å². The number of nitrogens with one attached hydrogen (secondary N) is 1. The van der Waals surface area contributed by atoms with E-state index in [1.54, 1.807) is 43.5 Å². The van der Waals surface area contributed by atoms with E-state index in [1.165, 1.54) is 10.5 Å². The molecule has 10 heteroatoms. The molecule has 3 N–H and O–H groups in total. The number of halogens is 1.